The number of aliphatic carboxylic acids is 1. The minimum atomic E-state index is -1.18. The number of aliphatic imine (C=N–C) groups is 1. The average molecular weight is 399 g/mol. The van der Waals surface area contributed by atoms with E-state index >= 15 is 0 Å². The molecule has 0 fully saturated rings. The van der Waals surface area contributed by atoms with Crippen LogP contribution in [0.15, 0.2) is 45.6 Å². The van der Waals surface area contributed by atoms with Gasteiger partial charge in [-0.25, -0.2) is 4.79 Å². The molecule has 0 saturated heterocycles. The average Bonchev–Trinajstić information content (AvgIpc) is 2.66. The van der Waals surface area contributed by atoms with E-state index in [1.807, 2.05) is 0 Å². The summed E-state index contributed by atoms with van der Waals surface area (Å²) in [4.78, 5) is 41.9. The number of azide groups is 1. The molecule has 1 N–H and O–H groups in total. The predicted octanol–water partition coefficient (Wildman–Crippen LogP) is 4.18. The number of allylic oxidation sites excluding steroid dienone is 1. The van der Waals surface area contributed by atoms with Crippen molar-refractivity contribution in [2.45, 2.75) is 39.0 Å². The summed E-state index contributed by atoms with van der Waals surface area (Å²) in [6.07, 6.45) is 1.50. The summed E-state index contributed by atoms with van der Waals surface area (Å²) in [5.74, 6) is -2.94. The van der Waals surface area contributed by atoms with Crippen molar-refractivity contribution < 1.29 is 19.6 Å². The number of nitrogens with zero attached hydrogens (tertiary/aromatic N) is 5. The number of ketones is 1. The van der Waals surface area contributed by atoms with Gasteiger partial charge in [0.05, 0.1) is 22.1 Å². The van der Waals surface area contributed by atoms with Crippen molar-refractivity contribution in [2.75, 3.05) is 6.54 Å². The number of unbranched alkanes of at least 4 members (excludes halogenated alkanes) is 1. The number of carboxylic acid groups (broad SMARTS) is 1. The number of non-ortho nitro benzene ring substituents is 1. The third-order valence-electron chi connectivity index (χ3n) is 4.83. The van der Waals surface area contributed by atoms with Gasteiger partial charge in [-0.2, -0.15) is 0 Å². The van der Waals surface area contributed by atoms with E-state index in [0.29, 0.717) is 42.8 Å². The van der Waals surface area contributed by atoms with Crippen LogP contribution in [-0.4, -0.2) is 34.0 Å². The van der Waals surface area contributed by atoms with E-state index in [4.69, 9.17) is 5.53 Å². The standard InChI is InChI=1S/C19H21N5O5/c1-11-16(12(2)25)17(13-6-8-14(9-7-13)24(28)29)18(19(26)27)15(22-11)5-3-4-10-21-23-20/h6-9,16-17H,3-5,10H2,1-2H3,(H,26,27). The summed E-state index contributed by atoms with van der Waals surface area (Å²) in [6, 6.07) is 5.57. The predicted molar refractivity (Wildman–Crippen MR) is 106 cm³/mol. The Kier molecular flexibility index (Phi) is 7.21. The molecule has 0 saturated carbocycles. The van der Waals surface area contributed by atoms with Crippen LogP contribution in [0.3, 0.4) is 0 Å². The zero-order chi connectivity index (χ0) is 21.6. The Balaban J connectivity index is 2.49. The third-order valence-corrected chi connectivity index (χ3v) is 4.83. The zero-order valence-corrected chi connectivity index (χ0v) is 16.1. The van der Waals surface area contributed by atoms with Crippen LogP contribution in [0.25, 0.3) is 10.4 Å². The lowest BCUT2D eigenvalue weighted by Gasteiger charge is -2.31. The number of hydrogen-bond donors (Lipinski definition) is 1. The molecule has 2 unspecified atom stereocenters. The first-order chi connectivity index (χ1) is 13.8. The second-order valence-electron chi connectivity index (χ2n) is 6.74. The van der Waals surface area contributed by atoms with E-state index in [9.17, 15) is 24.8 Å². The Morgan fingerprint density at radius 2 is 1.97 bits per heavy atom. The highest BCUT2D eigenvalue weighted by atomic mass is 16.6. The second kappa shape index (κ2) is 9.61. The molecule has 10 nitrogen and oxygen atoms in total. The van der Waals surface area contributed by atoms with Crippen LogP contribution in [0.1, 0.15) is 44.6 Å². The monoisotopic (exact) mass is 399 g/mol. The summed E-state index contributed by atoms with van der Waals surface area (Å²) in [5.41, 5.74) is 9.63. The number of carboxylic acids is 1. The number of nitro groups is 1. The molecule has 1 heterocycles. The SMILES string of the molecule is CC(=O)C1C(C)=NC(CCCCN=[N+]=[N-])=C(C(=O)O)C1c1ccc([N+](=O)[O-])cc1. The maximum atomic E-state index is 12.3. The smallest absolute Gasteiger partial charge is 0.334 e. The number of nitro benzene ring substituents is 1. The molecule has 1 aliphatic heterocycles. The molecule has 1 aliphatic rings. The van der Waals surface area contributed by atoms with Gasteiger partial charge in [-0.3, -0.25) is 19.9 Å². The van der Waals surface area contributed by atoms with Gasteiger partial charge in [0.25, 0.3) is 5.69 Å². The maximum Gasteiger partial charge on any atom is 0.334 e. The molecule has 10 heteroatoms. The Hall–Kier alpha value is -3.52. The number of benzene rings is 1. The number of Topliss-reactive ketones (excluding diaryl/α,β-unsaturated/α-hetero) is 1. The summed E-state index contributed by atoms with van der Waals surface area (Å²) in [5, 5.41) is 24.3. The van der Waals surface area contributed by atoms with Gasteiger partial charge in [0.1, 0.15) is 5.78 Å². The van der Waals surface area contributed by atoms with Gasteiger partial charge < -0.3 is 5.11 Å². The van der Waals surface area contributed by atoms with E-state index < -0.39 is 22.7 Å². The summed E-state index contributed by atoms with van der Waals surface area (Å²) >= 11 is 0. The van der Waals surface area contributed by atoms with Gasteiger partial charge in [0.2, 0.25) is 0 Å². The van der Waals surface area contributed by atoms with Crippen LogP contribution in [0.5, 0.6) is 0 Å². The minimum Gasteiger partial charge on any atom is -0.478 e. The summed E-state index contributed by atoms with van der Waals surface area (Å²) < 4.78 is 0. The number of carbonyl (C=O) groups excluding carboxylic acids is 1. The van der Waals surface area contributed by atoms with E-state index in [0.717, 1.165) is 0 Å². The lowest BCUT2D eigenvalue weighted by atomic mass is 9.73. The molecule has 1 aromatic carbocycles. The van der Waals surface area contributed by atoms with Crippen LogP contribution in [0.4, 0.5) is 5.69 Å². The van der Waals surface area contributed by atoms with Crippen molar-refractivity contribution in [3.05, 3.63) is 61.7 Å². The summed E-state index contributed by atoms with van der Waals surface area (Å²) in [7, 11) is 0. The molecule has 2 rings (SSSR count). The van der Waals surface area contributed by atoms with Crippen LogP contribution in [-0.2, 0) is 9.59 Å². The molecule has 29 heavy (non-hydrogen) atoms. The first-order valence-corrected chi connectivity index (χ1v) is 9.05. The lowest BCUT2D eigenvalue weighted by Crippen LogP contribution is -2.34. The number of rotatable bonds is 9. The molecule has 0 amide bonds. The molecule has 0 aliphatic carbocycles. The van der Waals surface area contributed by atoms with Gasteiger partial charge in [0.15, 0.2) is 0 Å². The molecule has 2 atom stereocenters. The highest BCUT2D eigenvalue weighted by Crippen LogP contribution is 2.41. The first kappa shape index (κ1) is 21.8. The van der Waals surface area contributed by atoms with E-state index in [1.54, 1.807) is 6.92 Å². The molecule has 1 aromatic rings. The normalized spacial score (nSPS) is 18.6. The van der Waals surface area contributed by atoms with Crippen molar-refractivity contribution in [3.63, 3.8) is 0 Å². The fraction of sp³-hybridized carbons (Fsp3) is 0.421. The van der Waals surface area contributed by atoms with Gasteiger partial charge in [-0.05, 0) is 44.2 Å². The van der Waals surface area contributed by atoms with E-state index in [1.165, 1.54) is 31.2 Å². The zero-order valence-electron chi connectivity index (χ0n) is 16.1. The maximum absolute atomic E-state index is 12.3. The Bertz CT molecular complexity index is 929. The largest absolute Gasteiger partial charge is 0.478 e. The van der Waals surface area contributed by atoms with Crippen LogP contribution in [0, 0.1) is 16.0 Å². The van der Waals surface area contributed by atoms with Gasteiger partial charge in [-0.1, -0.05) is 17.2 Å². The fourth-order valence-corrected chi connectivity index (χ4v) is 3.59. The van der Waals surface area contributed by atoms with E-state index in [2.05, 4.69) is 15.0 Å². The fourth-order valence-electron chi connectivity index (χ4n) is 3.59. The highest BCUT2D eigenvalue weighted by molar-refractivity contribution is 6.08. The molecular formula is C19H21N5O5. The van der Waals surface area contributed by atoms with Crippen molar-refractivity contribution in [3.8, 4) is 0 Å². The number of hydrogen-bond acceptors (Lipinski definition) is 6. The minimum absolute atomic E-state index is 0.0217. The Morgan fingerprint density at radius 3 is 2.48 bits per heavy atom. The second-order valence-corrected chi connectivity index (χ2v) is 6.74. The van der Waals surface area contributed by atoms with Gasteiger partial charge in [0, 0.05) is 35.2 Å². The van der Waals surface area contributed by atoms with E-state index in [-0.39, 0.29) is 17.0 Å². The van der Waals surface area contributed by atoms with Gasteiger partial charge >= 0.3 is 5.97 Å². The highest BCUT2D eigenvalue weighted by Gasteiger charge is 2.40. The molecule has 0 aromatic heterocycles. The third kappa shape index (κ3) is 5.05. The topological polar surface area (TPSA) is 159 Å². The Morgan fingerprint density at radius 1 is 1.31 bits per heavy atom. The van der Waals surface area contributed by atoms with Crippen LogP contribution >= 0.6 is 0 Å². The summed E-state index contributed by atoms with van der Waals surface area (Å²) in [6.45, 7) is 3.37. The quantitative estimate of drug-likeness (QED) is 0.164. The van der Waals surface area contributed by atoms with Gasteiger partial charge in [-0.15, -0.1) is 0 Å². The van der Waals surface area contributed by atoms with Crippen LogP contribution < -0.4 is 0 Å². The molecule has 0 spiro atoms. The molecule has 0 bridgehead atoms. The van der Waals surface area contributed by atoms with Crippen LogP contribution in [0.2, 0.25) is 0 Å². The van der Waals surface area contributed by atoms with Crippen molar-refractivity contribution in [2.24, 2.45) is 16.0 Å². The number of carbonyl (C=O) groups is 2. The van der Waals surface area contributed by atoms with Crippen molar-refractivity contribution in [1.29, 1.82) is 0 Å². The molecule has 0 radical (unpaired) electrons. The molecular weight excluding hydrogens is 378 g/mol. The lowest BCUT2D eigenvalue weighted by molar-refractivity contribution is -0.384. The van der Waals surface area contributed by atoms with Crippen molar-refractivity contribution >= 4 is 23.2 Å². The Labute approximate surface area is 166 Å². The first-order valence-electron chi connectivity index (χ1n) is 9.05. The molecule has 152 valence electrons. The van der Waals surface area contributed by atoms with Crippen molar-refractivity contribution in [1.82, 2.24) is 0 Å².